The van der Waals surface area contributed by atoms with Crippen LogP contribution in [0.25, 0.3) is 0 Å². The molecule has 0 atom stereocenters. The first-order valence-corrected chi connectivity index (χ1v) is 12.9. The van der Waals surface area contributed by atoms with Gasteiger partial charge >= 0.3 is 12.1 Å². The van der Waals surface area contributed by atoms with E-state index in [0.717, 1.165) is 13.0 Å². The summed E-state index contributed by atoms with van der Waals surface area (Å²) in [6.45, 7) is 2.51. The number of ether oxygens (including phenoxy) is 1. The lowest BCUT2D eigenvalue weighted by Gasteiger charge is -2.37. The smallest absolute Gasteiger partial charge is 0.420 e. The van der Waals surface area contributed by atoms with E-state index in [2.05, 4.69) is 0 Å². The average Bonchev–Trinajstić information content (AvgIpc) is 2.99. The van der Waals surface area contributed by atoms with Gasteiger partial charge in [-0.3, -0.25) is 4.79 Å². The first-order chi connectivity index (χ1) is 17.3. The number of carboxylic acids is 1. The molecule has 11 heteroatoms. The maximum Gasteiger partial charge on any atom is 0.420 e. The van der Waals surface area contributed by atoms with Crippen molar-refractivity contribution in [3.63, 3.8) is 0 Å². The highest BCUT2D eigenvalue weighted by atomic mass is 32.2. The van der Waals surface area contributed by atoms with Crippen LogP contribution >= 0.6 is 11.8 Å². The number of halogens is 6. The number of carbonyl (C=O) groups is 1. The molecule has 0 radical (unpaired) electrons. The first-order valence-electron chi connectivity index (χ1n) is 11.9. The highest BCUT2D eigenvalue weighted by Crippen LogP contribution is 2.48. The number of hydrogen-bond acceptors (Lipinski definition) is 4. The third-order valence-electron chi connectivity index (χ3n) is 6.45. The number of aliphatic carboxylic acids is 1. The van der Waals surface area contributed by atoms with Gasteiger partial charge in [0.25, 0.3) is 0 Å². The molecule has 1 fully saturated rings. The third-order valence-corrected chi connectivity index (χ3v) is 7.58. The van der Waals surface area contributed by atoms with Crippen LogP contribution in [0.2, 0.25) is 0 Å². The van der Waals surface area contributed by atoms with E-state index in [1.165, 1.54) is 43.0 Å². The van der Waals surface area contributed by atoms with Gasteiger partial charge in [-0.1, -0.05) is 19.4 Å². The van der Waals surface area contributed by atoms with Crippen LogP contribution in [0.15, 0.2) is 41.3 Å². The molecule has 1 heterocycles. The molecule has 0 unspecified atom stereocenters. The fraction of sp³-hybridized carbons (Fsp3) is 0.500. The van der Waals surface area contributed by atoms with Gasteiger partial charge in [-0.05, 0) is 62.3 Å². The zero-order valence-electron chi connectivity index (χ0n) is 20.5. The summed E-state index contributed by atoms with van der Waals surface area (Å²) in [5, 5.41) is 9.46. The Morgan fingerprint density at radius 2 is 1.81 bits per heavy atom. The first kappa shape index (κ1) is 29.0. The van der Waals surface area contributed by atoms with E-state index in [1.54, 1.807) is 11.0 Å². The van der Waals surface area contributed by atoms with E-state index in [1.807, 2.05) is 0 Å². The van der Waals surface area contributed by atoms with Crippen LogP contribution in [0.3, 0.4) is 0 Å². The Bertz CT molecular complexity index is 1100. The number of fused-ring (bicyclic) bond motifs is 1. The fourth-order valence-corrected chi connectivity index (χ4v) is 4.89. The molecule has 0 amide bonds. The topological polar surface area (TPSA) is 49.8 Å². The average molecular weight is 550 g/mol. The zero-order chi connectivity index (χ0) is 27.4. The molecule has 4 nitrogen and oxygen atoms in total. The molecule has 0 aromatic heterocycles. The van der Waals surface area contributed by atoms with Crippen LogP contribution in [0.4, 0.5) is 37.7 Å². The minimum Gasteiger partial charge on any atom is -0.492 e. The Kier molecular flexibility index (Phi) is 8.97. The Balaban J connectivity index is 0.000000568. The van der Waals surface area contributed by atoms with Gasteiger partial charge in [0.2, 0.25) is 5.92 Å². The molecular weight excluding hydrogens is 520 g/mol. The van der Waals surface area contributed by atoms with Crippen LogP contribution in [-0.2, 0) is 11.0 Å². The van der Waals surface area contributed by atoms with E-state index in [-0.39, 0.29) is 18.8 Å². The van der Waals surface area contributed by atoms with E-state index < -0.39 is 34.9 Å². The Hall–Kier alpha value is -2.56. The molecule has 1 saturated carbocycles. The monoisotopic (exact) mass is 549 g/mol. The van der Waals surface area contributed by atoms with Crippen molar-refractivity contribution in [2.24, 2.45) is 5.41 Å². The lowest BCUT2D eigenvalue weighted by atomic mass is 9.69. The van der Waals surface area contributed by atoms with Crippen LogP contribution in [0.5, 0.6) is 5.75 Å². The highest BCUT2D eigenvalue weighted by molar-refractivity contribution is 7.99. The van der Waals surface area contributed by atoms with Gasteiger partial charge in [0.05, 0.1) is 11.3 Å². The lowest BCUT2D eigenvalue weighted by molar-refractivity contribution is -0.157. The predicted octanol–water partition coefficient (Wildman–Crippen LogP) is 8.16. The molecular formula is C26H29F6NO3S. The number of benzene rings is 2. The standard InChI is InChI=1S/C22H21F4NO3S.C4H8F2/c23-14-4-1-5-15(10-14)27-8-3-9-31-19-12-18(16(11-17(19)27)22(24,25)26)30-13-21(20(28)29)6-2-7-21;1-3-4(2,5)6/h1,4-5,10-12H,2-3,6-9,13H2,(H,28,29);3H2,1-2H3. The van der Waals surface area contributed by atoms with Crippen molar-refractivity contribution in [3.05, 3.63) is 47.8 Å². The molecule has 0 spiro atoms. The van der Waals surface area contributed by atoms with Crippen molar-refractivity contribution in [1.82, 2.24) is 0 Å². The van der Waals surface area contributed by atoms with Gasteiger partial charge in [-0.15, -0.1) is 11.8 Å². The van der Waals surface area contributed by atoms with Crippen LogP contribution in [0, 0.1) is 11.2 Å². The number of thioether (sulfide) groups is 1. The van der Waals surface area contributed by atoms with Gasteiger partial charge in [0.15, 0.2) is 0 Å². The van der Waals surface area contributed by atoms with E-state index >= 15 is 0 Å². The quantitative estimate of drug-likeness (QED) is 0.369. The Morgan fingerprint density at radius 1 is 1.14 bits per heavy atom. The van der Waals surface area contributed by atoms with E-state index in [9.17, 15) is 36.2 Å². The minimum absolute atomic E-state index is 0.0625. The summed E-state index contributed by atoms with van der Waals surface area (Å²) < 4.78 is 83.9. The number of carboxylic acid groups (broad SMARTS) is 1. The van der Waals surface area contributed by atoms with Crippen molar-refractivity contribution in [3.8, 4) is 5.75 Å². The summed E-state index contributed by atoms with van der Waals surface area (Å²) >= 11 is 1.41. The maximum atomic E-state index is 13.9. The van der Waals surface area contributed by atoms with E-state index in [0.29, 0.717) is 54.3 Å². The van der Waals surface area contributed by atoms with E-state index in [4.69, 9.17) is 4.74 Å². The molecule has 2 aliphatic rings. The molecule has 4 rings (SSSR count). The number of hydrogen-bond donors (Lipinski definition) is 1. The number of alkyl halides is 5. The molecule has 0 bridgehead atoms. The summed E-state index contributed by atoms with van der Waals surface area (Å²) in [6, 6.07) is 8.14. The molecule has 37 heavy (non-hydrogen) atoms. The normalized spacial score (nSPS) is 17.0. The van der Waals surface area contributed by atoms with Gasteiger partial charge < -0.3 is 14.7 Å². The zero-order valence-corrected chi connectivity index (χ0v) is 21.3. The number of nitrogens with zero attached hydrogens (tertiary/aromatic N) is 1. The van der Waals surface area contributed by atoms with Crippen molar-refractivity contribution in [2.45, 2.75) is 62.9 Å². The summed E-state index contributed by atoms with van der Waals surface area (Å²) in [5.41, 5.74) is -1.28. The van der Waals surface area contributed by atoms with Crippen LogP contribution in [0.1, 0.15) is 51.5 Å². The van der Waals surface area contributed by atoms with Crippen LogP contribution in [-0.4, -0.2) is 35.9 Å². The number of rotatable bonds is 6. The maximum absolute atomic E-state index is 13.9. The second kappa shape index (κ2) is 11.4. The molecule has 1 aliphatic carbocycles. The fourth-order valence-electron chi connectivity index (χ4n) is 3.89. The highest BCUT2D eigenvalue weighted by Gasteiger charge is 2.46. The molecule has 1 N–H and O–H groups in total. The summed E-state index contributed by atoms with van der Waals surface area (Å²) in [7, 11) is 0. The third kappa shape index (κ3) is 7.27. The summed E-state index contributed by atoms with van der Waals surface area (Å²) in [5.74, 6) is -3.66. The molecule has 1 aliphatic heterocycles. The molecule has 2 aromatic carbocycles. The lowest BCUT2D eigenvalue weighted by Crippen LogP contribution is -2.43. The van der Waals surface area contributed by atoms with Crippen molar-refractivity contribution < 1.29 is 41.0 Å². The van der Waals surface area contributed by atoms with Gasteiger partial charge in [-0.25, -0.2) is 13.2 Å². The van der Waals surface area contributed by atoms with Gasteiger partial charge in [0.1, 0.15) is 23.6 Å². The molecule has 204 valence electrons. The SMILES string of the molecule is CCC(C)(F)F.O=C(O)C1(COc2cc3c(cc2C(F)(F)F)N(c2cccc(F)c2)CCCS3)CCC1. The predicted molar refractivity (Wildman–Crippen MR) is 131 cm³/mol. The Labute approximate surface area is 216 Å². The largest absolute Gasteiger partial charge is 0.492 e. The van der Waals surface area contributed by atoms with Crippen molar-refractivity contribution >= 4 is 29.1 Å². The Morgan fingerprint density at radius 3 is 2.32 bits per heavy atom. The van der Waals surface area contributed by atoms with Crippen LogP contribution < -0.4 is 9.64 Å². The van der Waals surface area contributed by atoms with Gasteiger partial charge in [0, 0.05) is 23.5 Å². The number of anilines is 2. The second-order valence-corrected chi connectivity index (χ2v) is 10.4. The van der Waals surface area contributed by atoms with Gasteiger partial charge in [-0.2, -0.15) is 13.2 Å². The summed E-state index contributed by atoms with van der Waals surface area (Å²) in [4.78, 5) is 13.8. The van der Waals surface area contributed by atoms with Crippen molar-refractivity contribution in [1.29, 1.82) is 0 Å². The summed E-state index contributed by atoms with van der Waals surface area (Å²) in [6.07, 6.45) is -2.56. The molecule has 2 aromatic rings. The molecule has 0 saturated heterocycles. The second-order valence-electron chi connectivity index (χ2n) is 9.30. The van der Waals surface area contributed by atoms with Crippen molar-refractivity contribution in [2.75, 3.05) is 23.8 Å². The minimum atomic E-state index is -4.69.